The Bertz CT molecular complexity index is 461. The van der Waals surface area contributed by atoms with Gasteiger partial charge in [0, 0.05) is 31.9 Å². The second kappa shape index (κ2) is 9.53. The molecule has 1 heterocycles. The van der Waals surface area contributed by atoms with Crippen LogP contribution < -0.4 is 10.2 Å². The van der Waals surface area contributed by atoms with E-state index < -0.39 is 0 Å². The number of hydrogen-bond donors (Lipinski definition) is 2. The van der Waals surface area contributed by atoms with Crippen molar-refractivity contribution in [1.82, 2.24) is 10.2 Å². The second-order valence-electron chi connectivity index (χ2n) is 6.24. The smallest absolute Gasteiger partial charge is 0.234 e. The average Bonchev–Trinajstić information content (AvgIpc) is 3.03. The zero-order chi connectivity index (χ0) is 16.5. The third-order valence-corrected chi connectivity index (χ3v) is 4.32. The van der Waals surface area contributed by atoms with Gasteiger partial charge in [-0.25, -0.2) is 0 Å². The van der Waals surface area contributed by atoms with Crippen LogP contribution in [0.25, 0.3) is 0 Å². The molecule has 0 unspecified atom stereocenters. The number of nitrogens with one attached hydrogen (secondary N) is 1. The van der Waals surface area contributed by atoms with Crippen molar-refractivity contribution in [3.05, 3.63) is 30.3 Å². The van der Waals surface area contributed by atoms with Gasteiger partial charge in [0.15, 0.2) is 0 Å². The molecule has 2 N–H and O–H groups in total. The van der Waals surface area contributed by atoms with Gasteiger partial charge in [-0.1, -0.05) is 25.1 Å². The average molecular weight is 319 g/mol. The summed E-state index contributed by atoms with van der Waals surface area (Å²) in [6.45, 7) is 6.76. The van der Waals surface area contributed by atoms with Crippen molar-refractivity contribution in [2.45, 2.75) is 19.8 Å². The fourth-order valence-corrected chi connectivity index (χ4v) is 3.12. The molecule has 23 heavy (non-hydrogen) atoms. The van der Waals surface area contributed by atoms with Crippen LogP contribution in [0, 0.1) is 5.92 Å². The van der Waals surface area contributed by atoms with Crippen molar-refractivity contribution >= 4 is 11.6 Å². The first kappa shape index (κ1) is 17.8. The number of rotatable bonds is 9. The highest BCUT2D eigenvalue weighted by atomic mass is 16.3. The lowest BCUT2D eigenvalue weighted by Gasteiger charge is -2.21. The summed E-state index contributed by atoms with van der Waals surface area (Å²) in [6.07, 6.45) is 2.10. The Morgan fingerprint density at radius 1 is 1.35 bits per heavy atom. The van der Waals surface area contributed by atoms with E-state index >= 15 is 0 Å². The van der Waals surface area contributed by atoms with E-state index in [0.717, 1.165) is 39.0 Å². The Morgan fingerprint density at radius 3 is 2.83 bits per heavy atom. The molecule has 0 saturated carbocycles. The number of amides is 1. The van der Waals surface area contributed by atoms with E-state index in [1.165, 1.54) is 5.69 Å². The molecule has 5 heteroatoms. The third-order valence-electron chi connectivity index (χ3n) is 4.32. The van der Waals surface area contributed by atoms with Gasteiger partial charge < -0.3 is 15.3 Å². The van der Waals surface area contributed by atoms with Crippen LogP contribution >= 0.6 is 0 Å². The van der Waals surface area contributed by atoms with E-state index in [2.05, 4.69) is 41.4 Å². The van der Waals surface area contributed by atoms with Crippen molar-refractivity contribution in [2.24, 2.45) is 5.92 Å². The number of benzene rings is 1. The van der Waals surface area contributed by atoms with Crippen LogP contribution in [0.4, 0.5) is 5.69 Å². The van der Waals surface area contributed by atoms with Gasteiger partial charge in [-0.3, -0.25) is 9.69 Å². The van der Waals surface area contributed by atoms with Gasteiger partial charge in [-0.15, -0.1) is 0 Å². The second-order valence-corrected chi connectivity index (χ2v) is 6.24. The summed E-state index contributed by atoms with van der Waals surface area (Å²) in [4.78, 5) is 16.4. The maximum atomic E-state index is 12.1. The number of para-hydroxylation sites is 1. The van der Waals surface area contributed by atoms with Crippen molar-refractivity contribution < 1.29 is 9.90 Å². The lowest BCUT2D eigenvalue weighted by Crippen LogP contribution is -2.40. The molecule has 0 bridgehead atoms. The van der Waals surface area contributed by atoms with E-state index in [-0.39, 0.29) is 12.5 Å². The molecular weight excluding hydrogens is 290 g/mol. The van der Waals surface area contributed by atoms with Crippen LogP contribution in [0.2, 0.25) is 0 Å². The topological polar surface area (TPSA) is 55.8 Å². The molecule has 1 aliphatic rings. The van der Waals surface area contributed by atoms with Gasteiger partial charge in [0.2, 0.25) is 5.91 Å². The number of aliphatic hydroxyl groups excluding tert-OH is 1. The zero-order valence-corrected chi connectivity index (χ0v) is 14.1. The lowest BCUT2D eigenvalue weighted by molar-refractivity contribution is -0.122. The zero-order valence-electron chi connectivity index (χ0n) is 14.1. The van der Waals surface area contributed by atoms with Crippen molar-refractivity contribution in [3.8, 4) is 0 Å². The SMILES string of the molecule is CCCN(CCO)CC(=O)NC[C@H]1CCN(c2ccccc2)C1. The summed E-state index contributed by atoms with van der Waals surface area (Å²) < 4.78 is 0. The molecule has 1 atom stereocenters. The van der Waals surface area contributed by atoms with Gasteiger partial charge in [0.1, 0.15) is 0 Å². The van der Waals surface area contributed by atoms with E-state index in [1.54, 1.807) is 0 Å². The van der Waals surface area contributed by atoms with Crippen LogP contribution in [0.3, 0.4) is 0 Å². The number of aliphatic hydroxyl groups is 1. The highest BCUT2D eigenvalue weighted by molar-refractivity contribution is 5.78. The summed E-state index contributed by atoms with van der Waals surface area (Å²) in [5.74, 6) is 0.571. The fraction of sp³-hybridized carbons (Fsp3) is 0.611. The van der Waals surface area contributed by atoms with Gasteiger partial charge in [0.05, 0.1) is 13.2 Å². The number of nitrogens with zero attached hydrogens (tertiary/aromatic N) is 2. The molecular formula is C18H29N3O2. The minimum Gasteiger partial charge on any atom is -0.395 e. The molecule has 1 amide bonds. The molecule has 0 spiro atoms. The van der Waals surface area contributed by atoms with Crippen molar-refractivity contribution in [1.29, 1.82) is 0 Å². The first-order chi connectivity index (χ1) is 11.2. The standard InChI is InChI=1S/C18H29N3O2/c1-2-9-20(11-12-22)15-18(23)19-13-16-8-10-21(14-16)17-6-4-3-5-7-17/h3-7,16,22H,2,8-15H2,1H3,(H,19,23)/t16-/m1/s1. The van der Waals surface area contributed by atoms with E-state index in [0.29, 0.717) is 19.0 Å². The molecule has 1 saturated heterocycles. The molecule has 2 rings (SSSR count). The normalized spacial score (nSPS) is 17.7. The Kier molecular flexibility index (Phi) is 7.36. The molecule has 1 aliphatic heterocycles. The highest BCUT2D eigenvalue weighted by Gasteiger charge is 2.23. The Labute approximate surface area is 139 Å². The maximum Gasteiger partial charge on any atom is 0.234 e. The summed E-state index contributed by atoms with van der Waals surface area (Å²) in [6, 6.07) is 10.4. The molecule has 1 fully saturated rings. The fourth-order valence-electron chi connectivity index (χ4n) is 3.12. The summed E-state index contributed by atoms with van der Waals surface area (Å²) >= 11 is 0. The van der Waals surface area contributed by atoms with Gasteiger partial charge in [0.25, 0.3) is 0 Å². The first-order valence-electron chi connectivity index (χ1n) is 8.62. The van der Waals surface area contributed by atoms with Crippen LogP contribution in [0.15, 0.2) is 30.3 Å². The third kappa shape index (κ3) is 5.84. The predicted octanol–water partition coefficient (Wildman–Crippen LogP) is 1.33. The van der Waals surface area contributed by atoms with Crippen LogP contribution in [-0.4, -0.2) is 61.8 Å². The van der Waals surface area contributed by atoms with Crippen LogP contribution in [-0.2, 0) is 4.79 Å². The molecule has 128 valence electrons. The summed E-state index contributed by atoms with van der Waals surface area (Å²) in [5.41, 5.74) is 1.26. The number of hydrogen-bond acceptors (Lipinski definition) is 4. The van der Waals surface area contributed by atoms with E-state index in [1.807, 2.05) is 11.0 Å². The van der Waals surface area contributed by atoms with Gasteiger partial charge in [-0.05, 0) is 37.4 Å². The predicted molar refractivity (Wildman–Crippen MR) is 93.6 cm³/mol. The Hall–Kier alpha value is -1.59. The quantitative estimate of drug-likeness (QED) is 0.721. The van der Waals surface area contributed by atoms with E-state index in [9.17, 15) is 4.79 Å². The minimum atomic E-state index is 0.0602. The van der Waals surface area contributed by atoms with Crippen molar-refractivity contribution in [2.75, 3.05) is 50.8 Å². The first-order valence-corrected chi connectivity index (χ1v) is 8.62. The van der Waals surface area contributed by atoms with Crippen LogP contribution in [0.5, 0.6) is 0 Å². The van der Waals surface area contributed by atoms with Gasteiger partial charge >= 0.3 is 0 Å². The largest absolute Gasteiger partial charge is 0.395 e. The minimum absolute atomic E-state index is 0.0602. The number of carbonyl (C=O) groups is 1. The molecule has 0 aliphatic carbocycles. The molecule has 0 radical (unpaired) electrons. The maximum absolute atomic E-state index is 12.1. The molecule has 1 aromatic rings. The number of carbonyl (C=O) groups excluding carboxylic acids is 1. The lowest BCUT2D eigenvalue weighted by atomic mass is 10.1. The number of anilines is 1. The van der Waals surface area contributed by atoms with Crippen LogP contribution in [0.1, 0.15) is 19.8 Å². The van der Waals surface area contributed by atoms with E-state index in [4.69, 9.17) is 5.11 Å². The van der Waals surface area contributed by atoms with Crippen molar-refractivity contribution in [3.63, 3.8) is 0 Å². The molecule has 1 aromatic carbocycles. The molecule has 0 aromatic heterocycles. The Balaban J connectivity index is 1.71. The monoisotopic (exact) mass is 319 g/mol. The van der Waals surface area contributed by atoms with Gasteiger partial charge in [-0.2, -0.15) is 0 Å². The summed E-state index contributed by atoms with van der Waals surface area (Å²) in [7, 11) is 0. The molecule has 5 nitrogen and oxygen atoms in total. The Morgan fingerprint density at radius 2 is 2.13 bits per heavy atom. The highest BCUT2D eigenvalue weighted by Crippen LogP contribution is 2.22. The summed E-state index contributed by atoms with van der Waals surface area (Å²) in [5, 5.41) is 12.1.